The molecule has 0 saturated heterocycles. The van der Waals surface area contributed by atoms with Crippen LogP contribution in [0.15, 0.2) is 42.7 Å². The van der Waals surface area contributed by atoms with Gasteiger partial charge in [-0.05, 0) is 25.5 Å². The third-order valence-electron chi connectivity index (χ3n) is 5.10. The summed E-state index contributed by atoms with van der Waals surface area (Å²) in [5.41, 5.74) is 2.91. The second-order valence-corrected chi connectivity index (χ2v) is 6.76. The molecule has 1 amide bonds. The van der Waals surface area contributed by atoms with Crippen LogP contribution in [0.5, 0.6) is 0 Å². The smallest absolute Gasteiger partial charge is 0.256 e. The molecule has 3 heterocycles. The topological polar surface area (TPSA) is 52.3 Å². The minimum absolute atomic E-state index is 0.0793. The number of hydrogen-bond donors (Lipinski definition) is 0. The van der Waals surface area contributed by atoms with Gasteiger partial charge in [0.25, 0.3) is 5.91 Å². The van der Waals surface area contributed by atoms with Gasteiger partial charge in [0, 0.05) is 50.1 Å². The molecule has 1 unspecified atom stereocenters. The van der Waals surface area contributed by atoms with E-state index in [-0.39, 0.29) is 11.9 Å². The van der Waals surface area contributed by atoms with Gasteiger partial charge < -0.3 is 14.2 Å². The van der Waals surface area contributed by atoms with E-state index in [4.69, 9.17) is 4.74 Å². The van der Waals surface area contributed by atoms with Gasteiger partial charge in [0.05, 0.1) is 23.8 Å². The van der Waals surface area contributed by atoms with E-state index < -0.39 is 0 Å². The minimum atomic E-state index is 0.0793. The number of aromatic nitrogens is 3. The number of hydrogen-bond acceptors (Lipinski definition) is 3. The Bertz CT molecular complexity index is 927. The highest BCUT2D eigenvalue weighted by atomic mass is 16.5. The maximum absolute atomic E-state index is 13.3. The molecule has 1 aromatic carbocycles. The maximum atomic E-state index is 13.3. The zero-order valence-corrected chi connectivity index (χ0v) is 15.3. The van der Waals surface area contributed by atoms with E-state index in [9.17, 15) is 4.79 Å². The molecule has 0 spiro atoms. The highest BCUT2D eigenvalue weighted by molar-refractivity contribution is 6.07. The summed E-state index contributed by atoms with van der Waals surface area (Å²) in [7, 11) is 1.98. The molecular weight excluding hydrogens is 328 g/mol. The molecule has 136 valence electrons. The van der Waals surface area contributed by atoms with Crippen molar-refractivity contribution in [1.82, 2.24) is 19.2 Å². The molecule has 26 heavy (non-hydrogen) atoms. The van der Waals surface area contributed by atoms with Gasteiger partial charge in [-0.2, -0.15) is 5.10 Å². The first-order chi connectivity index (χ1) is 12.7. The lowest BCUT2D eigenvalue weighted by molar-refractivity contribution is 0.0627. The molecule has 0 fully saturated rings. The fourth-order valence-corrected chi connectivity index (χ4v) is 3.80. The van der Waals surface area contributed by atoms with E-state index in [1.165, 1.54) is 0 Å². The largest absolute Gasteiger partial charge is 0.382 e. The fraction of sp³-hybridized carbons (Fsp3) is 0.400. The summed E-state index contributed by atoms with van der Waals surface area (Å²) in [6, 6.07) is 10.2. The van der Waals surface area contributed by atoms with E-state index in [2.05, 4.69) is 5.10 Å². The third-order valence-corrected chi connectivity index (χ3v) is 5.10. The van der Waals surface area contributed by atoms with E-state index in [1.807, 2.05) is 70.8 Å². The van der Waals surface area contributed by atoms with Crippen LogP contribution in [0, 0.1) is 0 Å². The quantitative estimate of drug-likeness (QED) is 0.663. The summed E-state index contributed by atoms with van der Waals surface area (Å²) in [4.78, 5) is 15.2. The zero-order valence-electron chi connectivity index (χ0n) is 15.3. The lowest BCUT2D eigenvalue weighted by Gasteiger charge is -2.34. The molecule has 1 aliphatic heterocycles. The summed E-state index contributed by atoms with van der Waals surface area (Å²) in [6.07, 6.45) is 4.60. The Balaban J connectivity index is 1.62. The van der Waals surface area contributed by atoms with Crippen LogP contribution in [0.1, 0.15) is 35.4 Å². The number of ether oxygens (including phenoxy) is 1. The Kier molecular flexibility index (Phi) is 4.51. The Morgan fingerprint density at radius 2 is 2.15 bits per heavy atom. The van der Waals surface area contributed by atoms with E-state index in [0.29, 0.717) is 26.3 Å². The van der Waals surface area contributed by atoms with E-state index >= 15 is 0 Å². The van der Waals surface area contributed by atoms with Gasteiger partial charge in [-0.15, -0.1) is 0 Å². The third kappa shape index (κ3) is 2.90. The van der Waals surface area contributed by atoms with Crippen LogP contribution in [0.25, 0.3) is 10.9 Å². The number of carbonyl (C=O) groups excluding carboxylic acids is 1. The molecule has 0 N–H and O–H groups in total. The molecule has 0 aliphatic carbocycles. The summed E-state index contributed by atoms with van der Waals surface area (Å²) < 4.78 is 9.59. The standard InChI is InChI=1S/C20H24N4O2/c1-3-26-11-9-16-13-23(12-15-8-10-21-24(15)16)20(25)18-14-22(2)19-7-5-4-6-17(18)19/h4-8,10,14,16H,3,9,11-13H2,1-2H3. The van der Waals surface area contributed by atoms with Crippen LogP contribution in [0.4, 0.5) is 0 Å². The molecule has 6 nitrogen and oxygen atoms in total. The Morgan fingerprint density at radius 1 is 1.31 bits per heavy atom. The average Bonchev–Trinajstić information content (AvgIpc) is 3.26. The Hall–Kier alpha value is -2.60. The minimum Gasteiger partial charge on any atom is -0.382 e. The summed E-state index contributed by atoms with van der Waals surface area (Å²) in [5.74, 6) is 0.0793. The molecule has 0 saturated carbocycles. The molecule has 3 aromatic rings. The van der Waals surface area contributed by atoms with Gasteiger partial charge in [-0.25, -0.2) is 0 Å². The maximum Gasteiger partial charge on any atom is 0.256 e. The van der Waals surface area contributed by atoms with Crippen molar-refractivity contribution in [3.63, 3.8) is 0 Å². The van der Waals surface area contributed by atoms with Crippen LogP contribution >= 0.6 is 0 Å². The molecular formula is C20H24N4O2. The second-order valence-electron chi connectivity index (χ2n) is 6.76. The van der Waals surface area contributed by atoms with E-state index in [1.54, 1.807) is 0 Å². The van der Waals surface area contributed by atoms with Crippen LogP contribution in [0.3, 0.4) is 0 Å². The van der Waals surface area contributed by atoms with Crippen LogP contribution in [-0.4, -0.2) is 44.9 Å². The first-order valence-corrected chi connectivity index (χ1v) is 9.12. The lowest BCUT2D eigenvalue weighted by atomic mass is 10.1. The zero-order chi connectivity index (χ0) is 18.1. The van der Waals surface area contributed by atoms with Crippen LogP contribution in [-0.2, 0) is 18.3 Å². The van der Waals surface area contributed by atoms with E-state index in [0.717, 1.165) is 28.6 Å². The van der Waals surface area contributed by atoms with Crippen molar-refractivity contribution in [3.8, 4) is 0 Å². The number of rotatable bonds is 5. The molecule has 2 aromatic heterocycles. The van der Waals surface area contributed by atoms with Crippen molar-refractivity contribution in [1.29, 1.82) is 0 Å². The van der Waals surface area contributed by atoms with Gasteiger partial charge >= 0.3 is 0 Å². The van der Waals surface area contributed by atoms with Crippen molar-refractivity contribution < 1.29 is 9.53 Å². The molecule has 1 aliphatic rings. The first-order valence-electron chi connectivity index (χ1n) is 9.12. The number of carbonyl (C=O) groups is 1. The highest BCUT2D eigenvalue weighted by Crippen LogP contribution is 2.27. The second kappa shape index (κ2) is 6.96. The van der Waals surface area contributed by atoms with Gasteiger partial charge in [-0.1, -0.05) is 18.2 Å². The number of nitrogens with zero attached hydrogens (tertiary/aromatic N) is 4. The van der Waals surface area contributed by atoms with Crippen LogP contribution < -0.4 is 0 Å². The summed E-state index contributed by atoms with van der Waals surface area (Å²) in [6.45, 7) is 4.63. The molecule has 1 atom stereocenters. The molecule has 6 heteroatoms. The number of fused-ring (bicyclic) bond motifs is 2. The lowest BCUT2D eigenvalue weighted by Crippen LogP contribution is -2.41. The monoisotopic (exact) mass is 352 g/mol. The normalized spacial score (nSPS) is 16.8. The van der Waals surface area contributed by atoms with Crippen molar-refractivity contribution in [2.24, 2.45) is 7.05 Å². The predicted octanol–water partition coefficient (Wildman–Crippen LogP) is 3.00. The SMILES string of the molecule is CCOCCC1CN(C(=O)c2cn(C)c3ccccc23)Cc2ccnn21. The van der Waals surface area contributed by atoms with Crippen molar-refractivity contribution >= 4 is 16.8 Å². The number of para-hydroxylation sites is 1. The number of benzene rings is 1. The van der Waals surface area contributed by atoms with Crippen molar-refractivity contribution in [3.05, 3.63) is 54.0 Å². The Morgan fingerprint density at radius 3 is 3.00 bits per heavy atom. The molecule has 0 radical (unpaired) electrons. The summed E-state index contributed by atoms with van der Waals surface area (Å²) >= 11 is 0. The van der Waals surface area contributed by atoms with Gasteiger partial charge in [0.2, 0.25) is 0 Å². The molecule has 0 bridgehead atoms. The van der Waals surface area contributed by atoms with Crippen molar-refractivity contribution in [2.45, 2.75) is 25.9 Å². The van der Waals surface area contributed by atoms with Crippen molar-refractivity contribution in [2.75, 3.05) is 19.8 Å². The first kappa shape index (κ1) is 16.8. The Labute approximate surface area is 153 Å². The van der Waals surface area contributed by atoms with Gasteiger partial charge in [0.1, 0.15) is 0 Å². The average molecular weight is 352 g/mol. The van der Waals surface area contributed by atoms with Crippen LogP contribution in [0.2, 0.25) is 0 Å². The fourth-order valence-electron chi connectivity index (χ4n) is 3.80. The highest BCUT2D eigenvalue weighted by Gasteiger charge is 2.30. The predicted molar refractivity (Wildman–Crippen MR) is 100 cm³/mol. The van der Waals surface area contributed by atoms with Gasteiger partial charge in [-0.3, -0.25) is 9.48 Å². The summed E-state index contributed by atoms with van der Waals surface area (Å²) in [5, 5.41) is 5.46. The number of amides is 1. The van der Waals surface area contributed by atoms with Gasteiger partial charge in [0.15, 0.2) is 0 Å². The number of aryl methyl sites for hydroxylation is 1. The molecule has 4 rings (SSSR count).